The molecule has 0 aliphatic heterocycles. The molecule has 0 aliphatic rings. The van der Waals surface area contributed by atoms with Gasteiger partial charge in [0, 0.05) is 17.7 Å². The maximum absolute atomic E-state index is 8.74. The summed E-state index contributed by atoms with van der Waals surface area (Å²) in [6.45, 7) is 0.321. The molecule has 2 aromatic rings. The normalized spacial score (nSPS) is 11.1. The number of benzene rings is 1. The summed E-state index contributed by atoms with van der Waals surface area (Å²) in [4.78, 5) is 4.73. The van der Waals surface area contributed by atoms with E-state index in [4.69, 9.17) is 26.4 Å². The Balaban J connectivity index is 1.84. The number of pyridine rings is 1. The van der Waals surface area contributed by atoms with Crippen LogP contribution in [0.15, 0.2) is 24.3 Å². The van der Waals surface area contributed by atoms with Gasteiger partial charge in [-0.15, -0.1) is 0 Å². The predicted molar refractivity (Wildman–Crippen MR) is 96.4 cm³/mol. The summed E-state index contributed by atoms with van der Waals surface area (Å²) < 4.78 is 5.39. The van der Waals surface area contributed by atoms with Gasteiger partial charge >= 0.3 is 0 Å². The maximum atomic E-state index is 8.74. The molecule has 2 rings (SSSR count). The van der Waals surface area contributed by atoms with E-state index >= 15 is 0 Å². The van der Waals surface area contributed by atoms with Crippen LogP contribution in [-0.4, -0.2) is 23.8 Å². The molecule has 1 heterocycles. The monoisotopic (exact) mass is 335 g/mol. The summed E-state index contributed by atoms with van der Waals surface area (Å²) in [6, 6.07) is 7.82. The Kier molecular flexibility index (Phi) is 7.63. The highest BCUT2D eigenvalue weighted by Crippen LogP contribution is 2.30. The van der Waals surface area contributed by atoms with Gasteiger partial charge in [-0.1, -0.05) is 43.7 Å². The van der Waals surface area contributed by atoms with E-state index in [0.717, 1.165) is 48.0 Å². The van der Waals surface area contributed by atoms with Crippen molar-refractivity contribution in [2.75, 3.05) is 13.7 Å². The zero-order chi connectivity index (χ0) is 16.5. The van der Waals surface area contributed by atoms with Crippen molar-refractivity contribution in [2.45, 2.75) is 51.4 Å². The molecule has 1 N–H and O–H groups in total. The van der Waals surface area contributed by atoms with Crippen LogP contribution in [0.5, 0.6) is 5.75 Å². The lowest BCUT2D eigenvalue weighted by Gasteiger charge is -2.08. The number of aliphatic hydroxyl groups excluding tert-OH is 1. The largest absolute Gasteiger partial charge is 0.494 e. The van der Waals surface area contributed by atoms with Crippen molar-refractivity contribution in [3.8, 4) is 5.75 Å². The number of aliphatic hydroxyl groups is 1. The fourth-order valence-corrected chi connectivity index (χ4v) is 3.02. The van der Waals surface area contributed by atoms with Gasteiger partial charge in [-0.3, -0.25) is 0 Å². The molecular formula is C19H26ClNO2. The van der Waals surface area contributed by atoms with Crippen LogP contribution in [-0.2, 0) is 6.42 Å². The second-order valence-electron chi connectivity index (χ2n) is 5.90. The molecule has 0 radical (unpaired) electrons. The first-order chi connectivity index (χ1) is 11.3. The third kappa shape index (κ3) is 5.36. The van der Waals surface area contributed by atoms with Gasteiger partial charge < -0.3 is 9.84 Å². The Morgan fingerprint density at radius 1 is 0.957 bits per heavy atom. The smallest absolute Gasteiger partial charge is 0.145 e. The van der Waals surface area contributed by atoms with Crippen LogP contribution in [0, 0.1) is 0 Å². The lowest BCUT2D eigenvalue weighted by atomic mass is 10.1. The SMILES string of the molecule is COc1ccc(Cl)c2ccc(CCCCCCCCCO)nc12. The number of rotatable bonds is 10. The first-order valence-electron chi connectivity index (χ1n) is 8.49. The Labute approximate surface area is 143 Å². The zero-order valence-electron chi connectivity index (χ0n) is 13.9. The molecule has 0 saturated heterocycles. The summed E-state index contributed by atoms with van der Waals surface area (Å²) in [5.41, 5.74) is 1.94. The standard InChI is InChI=1S/C19H26ClNO2/c1-23-18-13-12-17(20)16-11-10-15(21-19(16)18)9-7-5-3-2-4-6-8-14-22/h10-13,22H,2-9,14H2,1H3. The molecule has 0 unspecified atom stereocenters. The molecule has 23 heavy (non-hydrogen) atoms. The molecule has 126 valence electrons. The highest BCUT2D eigenvalue weighted by atomic mass is 35.5. The second-order valence-corrected chi connectivity index (χ2v) is 6.30. The maximum Gasteiger partial charge on any atom is 0.145 e. The number of aromatic nitrogens is 1. The molecule has 3 nitrogen and oxygen atoms in total. The zero-order valence-corrected chi connectivity index (χ0v) is 14.6. The van der Waals surface area contributed by atoms with E-state index < -0.39 is 0 Å². The lowest BCUT2D eigenvalue weighted by Crippen LogP contribution is -1.94. The summed E-state index contributed by atoms with van der Waals surface area (Å²) in [5, 5.41) is 10.4. The summed E-state index contributed by atoms with van der Waals surface area (Å²) in [5.74, 6) is 0.773. The van der Waals surface area contributed by atoms with E-state index in [-0.39, 0.29) is 0 Å². The van der Waals surface area contributed by atoms with Crippen LogP contribution in [0.25, 0.3) is 10.9 Å². The molecule has 0 saturated carbocycles. The van der Waals surface area contributed by atoms with Crippen LogP contribution in [0.2, 0.25) is 5.02 Å². The van der Waals surface area contributed by atoms with Crippen LogP contribution in [0.4, 0.5) is 0 Å². The summed E-state index contributed by atoms with van der Waals surface area (Å²) in [7, 11) is 1.66. The van der Waals surface area contributed by atoms with E-state index in [2.05, 4.69) is 6.07 Å². The number of halogens is 1. The van der Waals surface area contributed by atoms with Gasteiger partial charge in [-0.2, -0.15) is 0 Å². The molecule has 1 aromatic carbocycles. The van der Waals surface area contributed by atoms with Gasteiger partial charge in [0.1, 0.15) is 11.3 Å². The van der Waals surface area contributed by atoms with Crippen molar-refractivity contribution < 1.29 is 9.84 Å². The molecule has 4 heteroatoms. The average Bonchev–Trinajstić information content (AvgIpc) is 2.57. The van der Waals surface area contributed by atoms with E-state index in [1.165, 1.54) is 25.7 Å². The number of hydrogen-bond acceptors (Lipinski definition) is 3. The minimum atomic E-state index is 0.321. The van der Waals surface area contributed by atoms with Gasteiger partial charge in [0.25, 0.3) is 0 Å². The van der Waals surface area contributed by atoms with E-state index in [1.807, 2.05) is 18.2 Å². The fraction of sp³-hybridized carbons (Fsp3) is 0.526. The topological polar surface area (TPSA) is 42.4 Å². The number of unbranched alkanes of at least 4 members (excludes halogenated alkanes) is 6. The Morgan fingerprint density at radius 3 is 2.35 bits per heavy atom. The molecule has 0 atom stereocenters. The number of ether oxygens (including phenoxy) is 1. The molecule has 0 aliphatic carbocycles. The van der Waals surface area contributed by atoms with Gasteiger partial charge in [-0.25, -0.2) is 4.98 Å². The quantitative estimate of drug-likeness (QED) is 0.609. The van der Waals surface area contributed by atoms with Crippen molar-refractivity contribution >= 4 is 22.5 Å². The third-order valence-corrected chi connectivity index (χ3v) is 4.47. The molecule has 0 amide bonds. The minimum absolute atomic E-state index is 0.321. The number of hydrogen-bond donors (Lipinski definition) is 1. The number of nitrogens with zero attached hydrogens (tertiary/aromatic N) is 1. The van der Waals surface area contributed by atoms with Gasteiger partial charge in [0.15, 0.2) is 0 Å². The lowest BCUT2D eigenvalue weighted by molar-refractivity contribution is 0.282. The summed E-state index contributed by atoms with van der Waals surface area (Å²) >= 11 is 6.22. The van der Waals surface area contributed by atoms with Crippen LogP contribution in [0.1, 0.15) is 50.6 Å². The third-order valence-electron chi connectivity index (χ3n) is 4.14. The van der Waals surface area contributed by atoms with Crippen LogP contribution >= 0.6 is 11.6 Å². The van der Waals surface area contributed by atoms with Crippen LogP contribution < -0.4 is 4.74 Å². The molecule has 1 aromatic heterocycles. The van der Waals surface area contributed by atoms with Crippen molar-refractivity contribution in [1.82, 2.24) is 4.98 Å². The predicted octanol–water partition coefficient (Wildman–Crippen LogP) is 5.16. The molecule has 0 fully saturated rings. The Hall–Kier alpha value is -1.32. The van der Waals surface area contributed by atoms with Gasteiger partial charge in [0.2, 0.25) is 0 Å². The Morgan fingerprint density at radius 2 is 1.65 bits per heavy atom. The highest BCUT2D eigenvalue weighted by molar-refractivity contribution is 6.35. The van der Waals surface area contributed by atoms with E-state index in [9.17, 15) is 0 Å². The van der Waals surface area contributed by atoms with Crippen LogP contribution in [0.3, 0.4) is 0 Å². The average molecular weight is 336 g/mol. The fourth-order valence-electron chi connectivity index (χ4n) is 2.80. The number of aryl methyl sites for hydroxylation is 1. The molecule has 0 spiro atoms. The number of methoxy groups -OCH3 is 1. The minimum Gasteiger partial charge on any atom is -0.494 e. The summed E-state index contributed by atoms with van der Waals surface area (Å²) in [6.07, 6.45) is 9.19. The highest BCUT2D eigenvalue weighted by Gasteiger charge is 2.07. The number of fused-ring (bicyclic) bond motifs is 1. The van der Waals surface area contributed by atoms with Crippen molar-refractivity contribution in [3.05, 3.63) is 35.0 Å². The molecule has 0 bridgehead atoms. The molecular weight excluding hydrogens is 310 g/mol. The Bertz CT molecular complexity index is 616. The first-order valence-corrected chi connectivity index (χ1v) is 8.87. The van der Waals surface area contributed by atoms with Crippen molar-refractivity contribution in [1.29, 1.82) is 0 Å². The van der Waals surface area contributed by atoms with Crippen molar-refractivity contribution in [2.24, 2.45) is 0 Å². The van der Waals surface area contributed by atoms with E-state index in [1.54, 1.807) is 7.11 Å². The second kappa shape index (κ2) is 9.74. The van der Waals surface area contributed by atoms with Crippen molar-refractivity contribution in [3.63, 3.8) is 0 Å². The van der Waals surface area contributed by atoms with Gasteiger partial charge in [0.05, 0.1) is 12.1 Å². The van der Waals surface area contributed by atoms with Gasteiger partial charge in [-0.05, 0) is 43.5 Å². The first kappa shape index (κ1) is 18.0. The van der Waals surface area contributed by atoms with E-state index in [0.29, 0.717) is 11.6 Å².